The molecular formula is C22H31FN4O. The molecule has 1 aromatic rings. The summed E-state index contributed by atoms with van der Waals surface area (Å²) in [5.41, 5.74) is 1.28. The molecular weight excluding hydrogens is 355 g/mol. The summed E-state index contributed by atoms with van der Waals surface area (Å²) in [5, 5.41) is 6.48. The lowest BCUT2D eigenvalue weighted by molar-refractivity contribution is -0.119. The molecule has 1 unspecified atom stereocenters. The van der Waals surface area contributed by atoms with Gasteiger partial charge in [0.2, 0.25) is 5.91 Å². The number of hydrogen-bond donors (Lipinski definition) is 2. The number of guanidine groups is 1. The van der Waals surface area contributed by atoms with Gasteiger partial charge in [0.05, 0.1) is 6.54 Å². The van der Waals surface area contributed by atoms with E-state index >= 15 is 0 Å². The minimum atomic E-state index is -0.187. The Labute approximate surface area is 166 Å². The number of likely N-dealkylation sites (tertiary alicyclic amines) is 1. The highest BCUT2D eigenvalue weighted by atomic mass is 19.1. The van der Waals surface area contributed by atoms with Gasteiger partial charge >= 0.3 is 0 Å². The molecule has 3 aliphatic rings. The Morgan fingerprint density at radius 3 is 2.64 bits per heavy atom. The van der Waals surface area contributed by atoms with E-state index in [1.165, 1.54) is 12.0 Å². The van der Waals surface area contributed by atoms with Crippen molar-refractivity contribution in [1.29, 1.82) is 0 Å². The molecule has 0 bridgehead atoms. The van der Waals surface area contributed by atoms with E-state index < -0.39 is 0 Å². The largest absolute Gasteiger partial charge is 0.357 e. The van der Waals surface area contributed by atoms with Crippen LogP contribution in [0.5, 0.6) is 0 Å². The van der Waals surface area contributed by atoms with Crippen LogP contribution in [0.25, 0.3) is 0 Å². The Kier molecular flexibility index (Phi) is 5.30. The first kappa shape index (κ1) is 19.2. The van der Waals surface area contributed by atoms with E-state index in [1.54, 1.807) is 12.1 Å². The van der Waals surface area contributed by atoms with Gasteiger partial charge in [-0.3, -0.25) is 9.79 Å². The molecule has 0 aromatic heterocycles. The van der Waals surface area contributed by atoms with Crippen LogP contribution in [-0.4, -0.2) is 49.5 Å². The first-order chi connectivity index (χ1) is 13.5. The van der Waals surface area contributed by atoms with Crippen LogP contribution < -0.4 is 10.6 Å². The maximum atomic E-state index is 13.4. The fourth-order valence-electron chi connectivity index (χ4n) is 5.03. The molecule has 3 fully saturated rings. The van der Waals surface area contributed by atoms with Crippen molar-refractivity contribution in [2.45, 2.75) is 50.9 Å². The topological polar surface area (TPSA) is 56.7 Å². The van der Waals surface area contributed by atoms with Crippen molar-refractivity contribution >= 4 is 11.9 Å². The van der Waals surface area contributed by atoms with Crippen LogP contribution in [0, 0.1) is 11.2 Å². The molecule has 28 heavy (non-hydrogen) atoms. The Balaban J connectivity index is 1.51. The number of amides is 1. The molecule has 2 heterocycles. The summed E-state index contributed by atoms with van der Waals surface area (Å²) < 4.78 is 13.4. The Hall–Kier alpha value is -2.11. The highest BCUT2D eigenvalue weighted by Gasteiger charge is 2.43. The summed E-state index contributed by atoms with van der Waals surface area (Å²) in [7, 11) is 0. The molecule has 152 valence electrons. The van der Waals surface area contributed by atoms with Crippen molar-refractivity contribution < 1.29 is 9.18 Å². The highest BCUT2D eigenvalue weighted by molar-refractivity contribution is 5.82. The maximum absolute atomic E-state index is 13.4. The summed E-state index contributed by atoms with van der Waals surface area (Å²) in [6, 6.07) is 6.96. The summed E-state index contributed by atoms with van der Waals surface area (Å²) >= 11 is 0. The maximum Gasteiger partial charge on any atom is 0.220 e. The average Bonchev–Trinajstić information content (AvgIpc) is 3.01. The minimum absolute atomic E-state index is 0.0344. The van der Waals surface area contributed by atoms with E-state index in [-0.39, 0.29) is 22.6 Å². The van der Waals surface area contributed by atoms with Gasteiger partial charge in [-0.2, -0.15) is 0 Å². The third-order valence-corrected chi connectivity index (χ3v) is 6.79. The second-order valence-corrected chi connectivity index (χ2v) is 8.79. The van der Waals surface area contributed by atoms with E-state index in [0.29, 0.717) is 6.42 Å². The molecule has 1 aromatic carbocycles. The van der Waals surface area contributed by atoms with Crippen LogP contribution in [0.4, 0.5) is 4.39 Å². The molecule has 1 spiro atoms. The van der Waals surface area contributed by atoms with Gasteiger partial charge in [-0.1, -0.05) is 18.6 Å². The lowest BCUT2D eigenvalue weighted by atomic mass is 9.64. The van der Waals surface area contributed by atoms with Crippen LogP contribution in [0.15, 0.2) is 29.3 Å². The van der Waals surface area contributed by atoms with Crippen molar-refractivity contribution in [2.24, 2.45) is 10.4 Å². The average molecular weight is 387 g/mol. The smallest absolute Gasteiger partial charge is 0.220 e. The predicted molar refractivity (Wildman–Crippen MR) is 109 cm³/mol. The minimum Gasteiger partial charge on any atom is -0.357 e. The number of carbonyl (C=O) groups is 1. The first-order valence-corrected chi connectivity index (χ1v) is 10.6. The number of nitrogens with one attached hydrogen (secondary N) is 2. The zero-order chi connectivity index (χ0) is 19.6. The van der Waals surface area contributed by atoms with Crippen LogP contribution in [0.2, 0.25) is 0 Å². The van der Waals surface area contributed by atoms with Crippen molar-refractivity contribution in [1.82, 2.24) is 15.5 Å². The molecule has 2 N–H and O–H groups in total. The van der Waals surface area contributed by atoms with Gasteiger partial charge in [-0.05, 0) is 50.3 Å². The molecule has 2 aliphatic heterocycles. The monoisotopic (exact) mass is 386 g/mol. The number of hydrogen-bond acceptors (Lipinski definition) is 2. The lowest BCUT2D eigenvalue weighted by Crippen LogP contribution is -2.52. The van der Waals surface area contributed by atoms with Crippen LogP contribution in [0.3, 0.4) is 0 Å². The van der Waals surface area contributed by atoms with Crippen molar-refractivity contribution in [3.05, 3.63) is 35.6 Å². The number of benzene rings is 1. The van der Waals surface area contributed by atoms with Crippen molar-refractivity contribution in [3.8, 4) is 0 Å². The first-order valence-electron chi connectivity index (χ1n) is 10.6. The Morgan fingerprint density at radius 2 is 2.04 bits per heavy atom. The van der Waals surface area contributed by atoms with Gasteiger partial charge in [0.1, 0.15) is 5.82 Å². The third-order valence-electron chi connectivity index (χ3n) is 6.79. The standard InChI is InChI=1S/C22H31FN4O/c1-2-24-20(27-12-4-9-21(16-27)13-19(28)25-14-21)26-15-22(10-3-11-22)17-5-7-18(23)8-6-17/h5-8H,2-4,9-16H2,1H3,(H,24,26)(H,25,28). The lowest BCUT2D eigenvalue weighted by Gasteiger charge is -2.43. The van der Waals surface area contributed by atoms with Crippen LogP contribution >= 0.6 is 0 Å². The van der Waals surface area contributed by atoms with Crippen LogP contribution in [0.1, 0.15) is 51.0 Å². The summed E-state index contributed by atoms with van der Waals surface area (Å²) in [6.45, 7) is 6.27. The number of nitrogens with zero attached hydrogens (tertiary/aromatic N) is 2. The fourth-order valence-corrected chi connectivity index (χ4v) is 5.03. The summed E-state index contributed by atoms with van der Waals surface area (Å²) in [5.74, 6) is 0.941. The molecule has 0 radical (unpaired) electrons. The molecule has 1 atom stereocenters. The van der Waals surface area contributed by atoms with Gasteiger partial charge in [0.25, 0.3) is 0 Å². The van der Waals surface area contributed by atoms with Gasteiger partial charge in [0, 0.05) is 43.4 Å². The van der Waals surface area contributed by atoms with Crippen molar-refractivity contribution in [2.75, 3.05) is 32.7 Å². The SMILES string of the molecule is CCNC(=NCC1(c2ccc(F)cc2)CCC1)N1CCCC2(CNC(=O)C2)C1. The Bertz CT molecular complexity index is 743. The molecule has 1 saturated carbocycles. The molecule has 6 heteroatoms. The number of rotatable bonds is 4. The molecule has 4 rings (SSSR count). The van der Waals surface area contributed by atoms with Crippen molar-refractivity contribution in [3.63, 3.8) is 0 Å². The molecule has 5 nitrogen and oxygen atoms in total. The highest BCUT2D eigenvalue weighted by Crippen LogP contribution is 2.44. The molecule has 1 aliphatic carbocycles. The number of piperidine rings is 1. The summed E-state index contributed by atoms with van der Waals surface area (Å²) in [4.78, 5) is 19.2. The number of aliphatic imine (C=N–C) groups is 1. The normalized spacial score (nSPS) is 26.9. The summed E-state index contributed by atoms with van der Waals surface area (Å²) in [6.07, 6.45) is 6.21. The van der Waals surface area contributed by atoms with Gasteiger partial charge in [-0.25, -0.2) is 4.39 Å². The number of carbonyl (C=O) groups excluding carboxylic acids is 1. The van der Waals surface area contributed by atoms with E-state index in [2.05, 4.69) is 22.5 Å². The Morgan fingerprint density at radius 1 is 1.25 bits per heavy atom. The van der Waals surface area contributed by atoms with Gasteiger partial charge < -0.3 is 15.5 Å². The van der Waals surface area contributed by atoms with E-state index in [4.69, 9.17) is 4.99 Å². The molecule has 1 amide bonds. The third kappa shape index (κ3) is 3.74. The fraction of sp³-hybridized carbons (Fsp3) is 0.636. The second-order valence-electron chi connectivity index (χ2n) is 8.79. The van der Waals surface area contributed by atoms with E-state index in [9.17, 15) is 9.18 Å². The predicted octanol–water partition coefficient (Wildman–Crippen LogP) is 2.82. The van der Waals surface area contributed by atoms with E-state index in [0.717, 1.165) is 64.4 Å². The van der Waals surface area contributed by atoms with Crippen LogP contribution in [-0.2, 0) is 10.2 Å². The van der Waals surface area contributed by atoms with Gasteiger partial charge in [-0.15, -0.1) is 0 Å². The van der Waals surface area contributed by atoms with Gasteiger partial charge in [0.15, 0.2) is 5.96 Å². The zero-order valence-corrected chi connectivity index (χ0v) is 16.8. The second kappa shape index (κ2) is 7.72. The number of halogens is 1. The van der Waals surface area contributed by atoms with E-state index in [1.807, 2.05) is 12.1 Å². The molecule has 2 saturated heterocycles. The zero-order valence-electron chi connectivity index (χ0n) is 16.8. The quantitative estimate of drug-likeness (QED) is 0.618.